The van der Waals surface area contributed by atoms with Gasteiger partial charge in [-0.1, -0.05) is 37.1 Å². The Kier molecular flexibility index (Phi) is 6.09. The van der Waals surface area contributed by atoms with Gasteiger partial charge in [0.1, 0.15) is 0 Å². The summed E-state index contributed by atoms with van der Waals surface area (Å²) in [6.45, 7) is 10.4. The molecule has 1 saturated heterocycles. The van der Waals surface area contributed by atoms with E-state index in [1.165, 1.54) is 37.9 Å². The van der Waals surface area contributed by atoms with E-state index in [0.29, 0.717) is 6.04 Å². The number of likely N-dealkylation sites (tertiary alicyclic amines) is 1. The fourth-order valence-electron chi connectivity index (χ4n) is 3.40. The molecule has 0 aliphatic carbocycles. The Morgan fingerprint density at radius 3 is 2.57 bits per heavy atom. The fourth-order valence-corrected chi connectivity index (χ4v) is 3.60. The van der Waals surface area contributed by atoms with Gasteiger partial charge < -0.3 is 5.32 Å². The lowest BCUT2D eigenvalue weighted by atomic mass is 9.85. The second-order valence-corrected chi connectivity index (χ2v) is 7.08. The van der Waals surface area contributed by atoms with E-state index in [2.05, 4.69) is 49.2 Å². The van der Waals surface area contributed by atoms with Crippen LogP contribution in [0, 0.1) is 0 Å². The fraction of sp³-hybridized carbons (Fsp3) is 0.667. The summed E-state index contributed by atoms with van der Waals surface area (Å²) in [4.78, 5) is 2.64. The number of hydrogen-bond donors (Lipinski definition) is 1. The Morgan fingerprint density at radius 2 is 1.95 bits per heavy atom. The van der Waals surface area contributed by atoms with Crippen LogP contribution in [0.5, 0.6) is 0 Å². The van der Waals surface area contributed by atoms with Gasteiger partial charge in [-0.3, -0.25) is 4.90 Å². The molecule has 0 bridgehead atoms. The third-order valence-corrected chi connectivity index (χ3v) is 4.89. The summed E-state index contributed by atoms with van der Waals surface area (Å²) in [7, 11) is 0. The molecule has 1 aromatic carbocycles. The van der Waals surface area contributed by atoms with Gasteiger partial charge in [-0.2, -0.15) is 0 Å². The summed E-state index contributed by atoms with van der Waals surface area (Å²) >= 11 is 6.22. The van der Waals surface area contributed by atoms with Crippen molar-refractivity contribution in [3.63, 3.8) is 0 Å². The molecule has 118 valence electrons. The number of nitrogens with zero attached hydrogens (tertiary/aromatic N) is 1. The lowest BCUT2D eigenvalue weighted by Crippen LogP contribution is -2.54. The van der Waals surface area contributed by atoms with Crippen LogP contribution in [0.2, 0.25) is 5.02 Å². The molecule has 21 heavy (non-hydrogen) atoms. The van der Waals surface area contributed by atoms with E-state index < -0.39 is 0 Å². The van der Waals surface area contributed by atoms with E-state index in [1.54, 1.807) is 0 Å². The van der Waals surface area contributed by atoms with Crippen molar-refractivity contribution in [2.75, 3.05) is 19.6 Å². The SMILES string of the molecule is CCCNC(c1cccc(Cl)c1)C(C)(C)N1CCCCC1. The van der Waals surface area contributed by atoms with Crippen LogP contribution in [0.15, 0.2) is 24.3 Å². The molecular formula is C18H29ClN2. The van der Waals surface area contributed by atoms with E-state index in [4.69, 9.17) is 11.6 Å². The highest BCUT2D eigenvalue weighted by molar-refractivity contribution is 6.30. The Hall–Kier alpha value is -0.570. The standard InChI is InChI=1S/C18H29ClN2/c1-4-11-20-17(15-9-8-10-16(19)14-15)18(2,3)21-12-6-5-7-13-21/h8-10,14,17,20H,4-7,11-13H2,1-3H3. The lowest BCUT2D eigenvalue weighted by Gasteiger charge is -2.46. The first-order valence-corrected chi connectivity index (χ1v) is 8.67. The maximum absolute atomic E-state index is 6.22. The molecule has 1 aromatic rings. The van der Waals surface area contributed by atoms with Crippen molar-refractivity contribution in [2.45, 2.75) is 58.0 Å². The van der Waals surface area contributed by atoms with E-state index >= 15 is 0 Å². The zero-order chi connectivity index (χ0) is 15.3. The average molecular weight is 309 g/mol. The number of halogens is 1. The summed E-state index contributed by atoms with van der Waals surface area (Å²) in [6, 6.07) is 8.64. The van der Waals surface area contributed by atoms with Crippen LogP contribution < -0.4 is 5.32 Å². The zero-order valence-electron chi connectivity index (χ0n) is 13.7. The number of benzene rings is 1. The summed E-state index contributed by atoms with van der Waals surface area (Å²) in [6.07, 6.45) is 5.16. The number of piperidine rings is 1. The molecule has 1 N–H and O–H groups in total. The minimum atomic E-state index is 0.0975. The van der Waals surface area contributed by atoms with Crippen molar-refractivity contribution < 1.29 is 0 Å². The van der Waals surface area contributed by atoms with Crippen molar-refractivity contribution in [2.24, 2.45) is 0 Å². The van der Waals surface area contributed by atoms with Crippen LogP contribution in [0.25, 0.3) is 0 Å². The maximum atomic E-state index is 6.22. The van der Waals surface area contributed by atoms with Crippen molar-refractivity contribution in [1.82, 2.24) is 10.2 Å². The highest BCUT2D eigenvalue weighted by Crippen LogP contribution is 2.34. The van der Waals surface area contributed by atoms with Crippen molar-refractivity contribution in [3.05, 3.63) is 34.9 Å². The molecule has 3 heteroatoms. The molecule has 2 rings (SSSR count). The predicted molar refractivity (Wildman–Crippen MR) is 92.0 cm³/mol. The van der Waals surface area contributed by atoms with Crippen LogP contribution in [-0.2, 0) is 0 Å². The number of hydrogen-bond acceptors (Lipinski definition) is 2. The van der Waals surface area contributed by atoms with Gasteiger partial charge in [0, 0.05) is 10.6 Å². The van der Waals surface area contributed by atoms with Gasteiger partial charge in [0.25, 0.3) is 0 Å². The van der Waals surface area contributed by atoms with Crippen LogP contribution in [-0.4, -0.2) is 30.1 Å². The first kappa shape index (κ1) is 16.8. The molecule has 1 atom stereocenters. The summed E-state index contributed by atoms with van der Waals surface area (Å²) in [5.41, 5.74) is 1.40. The van der Waals surface area contributed by atoms with E-state index in [1.807, 2.05) is 6.07 Å². The van der Waals surface area contributed by atoms with Crippen molar-refractivity contribution >= 4 is 11.6 Å². The summed E-state index contributed by atoms with van der Waals surface area (Å²) in [5.74, 6) is 0. The normalized spacial score (nSPS) is 18.7. The summed E-state index contributed by atoms with van der Waals surface area (Å²) in [5, 5.41) is 4.57. The molecule has 0 saturated carbocycles. The minimum Gasteiger partial charge on any atom is -0.308 e. The highest BCUT2D eigenvalue weighted by atomic mass is 35.5. The van der Waals surface area contributed by atoms with Gasteiger partial charge in [-0.05, 0) is 70.4 Å². The van der Waals surface area contributed by atoms with Gasteiger partial charge in [-0.15, -0.1) is 0 Å². The first-order valence-electron chi connectivity index (χ1n) is 8.29. The van der Waals surface area contributed by atoms with Crippen LogP contribution in [0.1, 0.15) is 58.1 Å². The Labute approximate surface area is 134 Å². The average Bonchev–Trinajstić information content (AvgIpc) is 2.48. The minimum absolute atomic E-state index is 0.0975. The molecule has 1 heterocycles. The van der Waals surface area contributed by atoms with Crippen molar-refractivity contribution in [1.29, 1.82) is 0 Å². The maximum Gasteiger partial charge on any atom is 0.0502 e. The molecule has 1 fully saturated rings. The van der Waals surface area contributed by atoms with Gasteiger partial charge in [-0.25, -0.2) is 0 Å². The van der Waals surface area contributed by atoms with Gasteiger partial charge in [0.15, 0.2) is 0 Å². The third-order valence-electron chi connectivity index (χ3n) is 4.66. The molecule has 1 aliphatic rings. The molecule has 0 amide bonds. The molecule has 0 aromatic heterocycles. The highest BCUT2D eigenvalue weighted by Gasteiger charge is 2.36. The largest absolute Gasteiger partial charge is 0.308 e. The monoisotopic (exact) mass is 308 g/mol. The lowest BCUT2D eigenvalue weighted by molar-refractivity contribution is 0.0608. The summed E-state index contributed by atoms with van der Waals surface area (Å²) < 4.78 is 0. The molecule has 0 radical (unpaired) electrons. The third kappa shape index (κ3) is 4.21. The quantitative estimate of drug-likeness (QED) is 0.823. The topological polar surface area (TPSA) is 15.3 Å². The van der Waals surface area contributed by atoms with Crippen LogP contribution in [0.4, 0.5) is 0 Å². The molecule has 1 aliphatic heterocycles. The first-order chi connectivity index (χ1) is 10.1. The molecular weight excluding hydrogens is 280 g/mol. The molecule has 1 unspecified atom stereocenters. The predicted octanol–water partition coefficient (Wildman–Crippen LogP) is 4.65. The second kappa shape index (κ2) is 7.62. The Bertz CT molecular complexity index is 439. The van der Waals surface area contributed by atoms with E-state index in [0.717, 1.165) is 18.0 Å². The number of rotatable bonds is 6. The molecule has 0 spiro atoms. The smallest absolute Gasteiger partial charge is 0.0502 e. The van der Waals surface area contributed by atoms with E-state index in [9.17, 15) is 0 Å². The zero-order valence-corrected chi connectivity index (χ0v) is 14.4. The van der Waals surface area contributed by atoms with Crippen LogP contribution >= 0.6 is 11.6 Å². The van der Waals surface area contributed by atoms with Crippen molar-refractivity contribution in [3.8, 4) is 0 Å². The van der Waals surface area contributed by atoms with E-state index in [-0.39, 0.29) is 5.54 Å². The van der Waals surface area contributed by atoms with Gasteiger partial charge in [0.05, 0.1) is 6.04 Å². The van der Waals surface area contributed by atoms with Gasteiger partial charge in [0.2, 0.25) is 0 Å². The Morgan fingerprint density at radius 1 is 1.24 bits per heavy atom. The number of nitrogens with one attached hydrogen (secondary N) is 1. The van der Waals surface area contributed by atoms with Gasteiger partial charge >= 0.3 is 0 Å². The van der Waals surface area contributed by atoms with Crippen LogP contribution in [0.3, 0.4) is 0 Å². The molecule has 2 nitrogen and oxygen atoms in total. The Balaban J connectivity index is 2.25. The second-order valence-electron chi connectivity index (χ2n) is 6.64.